The molecule has 1 aliphatic heterocycles. The Morgan fingerprint density at radius 2 is 2.00 bits per heavy atom. The number of benzene rings is 1. The van der Waals surface area contributed by atoms with E-state index in [0.29, 0.717) is 12.1 Å². The Hall–Kier alpha value is -1.75. The van der Waals surface area contributed by atoms with Crippen molar-refractivity contribution >= 4 is 33.4 Å². The Balaban J connectivity index is 2.19. The highest BCUT2D eigenvalue weighted by Gasteiger charge is 2.47. The van der Waals surface area contributed by atoms with E-state index in [1.165, 1.54) is 0 Å². The topological polar surface area (TPSA) is 66.7 Å². The van der Waals surface area contributed by atoms with E-state index in [0.717, 1.165) is 22.2 Å². The number of Topliss-reactive ketones (excluding diaryl/α,β-unsaturated/α-hetero) is 1. The summed E-state index contributed by atoms with van der Waals surface area (Å²) >= 11 is 3.44. The quantitative estimate of drug-likeness (QED) is 0.817. The molecule has 5 heteroatoms. The third-order valence-corrected chi connectivity index (χ3v) is 5.30. The van der Waals surface area contributed by atoms with Gasteiger partial charge in [-0.2, -0.15) is 0 Å². The molecule has 0 radical (unpaired) electrons. The van der Waals surface area contributed by atoms with Gasteiger partial charge in [0.15, 0.2) is 0 Å². The normalized spacial score (nSPS) is 26.0. The molecule has 0 saturated heterocycles. The van der Waals surface area contributed by atoms with Crippen LogP contribution in [-0.4, -0.2) is 22.6 Å². The van der Waals surface area contributed by atoms with Crippen LogP contribution in [0.5, 0.6) is 0 Å². The van der Waals surface area contributed by atoms with Gasteiger partial charge in [-0.05, 0) is 36.5 Å². The van der Waals surface area contributed by atoms with Gasteiger partial charge in [0.1, 0.15) is 5.78 Å². The molecule has 2 unspecified atom stereocenters. The second kappa shape index (κ2) is 5.96. The van der Waals surface area contributed by atoms with Gasteiger partial charge in [-0.1, -0.05) is 41.9 Å². The van der Waals surface area contributed by atoms with Crippen molar-refractivity contribution in [3.8, 4) is 0 Å². The molecule has 1 N–H and O–H groups in total. The number of carbonyl (C=O) groups is 2. The fourth-order valence-corrected chi connectivity index (χ4v) is 4.35. The number of rotatable bonds is 2. The van der Waals surface area contributed by atoms with Gasteiger partial charge in [-0.3, -0.25) is 9.79 Å². The summed E-state index contributed by atoms with van der Waals surface area (Å²) in [7, 11) is 0. The number of ketones is 1. The van der Waals surface area contributed by atoms with Crippen molar-refractivity contribution in [1.82, 2.24) is 0 Å². The molecule has 1 aromatic rings. The highest BCUT2D eigenvalue weighted by atomic mass is 79.9. The molecule has 0 spiro atoms. The first kappa shape index (κ1) is 17.1. The van der Waals surface area contributed by atoms with E-state index in [9.17, 15) is 14.7 Å². The fraction of sp³-hybridized carbons (Fsp3) is 0.421. The van der Waals surface area contributed by atoms with Crippen molar-refractivity contribution in [3.05, 3.63) is 45.6 Å². The van der Waals surface area contributed by atoms with Crippen molar-refractivity contribution in [2.75, 3.05) is 0 Å². The minimum absolute atomic E-state index is 0.0845. The van der Waals surface area contributed by atoms with E-state index in [4.69, 9.17) is 0 Å². The number of hydrogen-bond donors (Lipinski definition) is 1. The summed E-state index contributed by atoms with van der Waals surface area (Å²) < 4.78 is 0.870. The minimum Gasteiger partial charge on any atom is -0.478 e. The summed E-state index contributed by atoms with van der Waals surface area (Å²) in [5, 5.41) is 9.74. The summed E-state index contributed by atoms with van der Waals surface area (Å²) in [6, 6.07) is 7.56. The van der Waals surface area contributed by atoms with Gasteiger partial charge in [-0.15, -0.1) is 0 Å². The molecule has 1 saturated carbocycles. The number of carbonyl (C=O) groups excluding carboxylic acids is 1. The van der Waals surface area contributed by atoms with Crippen LogP contribution in [0, 0.1) is 11.3 Å². The van der Waals surface area contributed by atoms with Crippen molar-refractivity contribution < 1.29 is 14.7 Å². The average Bonchev–Trinajstić information content (AvgIpc) is 2.43. The molecule has 4 nitrogen and oxygen atoms in total. The van der Waals surface area contributed by atoms with Crippen LogP contribution in [0.15, 0.2) is 45.0 Å². The molecule has 0 amide bonds. The second-order valence-corrected chi connectivity index (χ2v) is 8.32. The molecule has 126 valence electrons. The van der Waals surface area contributed by atoms with E-state index in [-0.39, 0.29) is 16.8 Å². The summed E-state index contributed by atoms with van der Waals surface area (Å²) in [6.45, 7) is 5.84. The molecule has 24 heavy (non-hydrogen) atoms. The third kappa shape index (κ3) is 2.97. The summed E-state index contributed by atoms with van der Waals surface area (Å²) in [5.74, 6) is -1.86. The van der Waals surface area contributed by atoms with Crippen LogP contribution in [0.4, 0.5) is 0 Å². The number of aliphatic carboxylic acids is 1. The molecule has 0 aromatic heterocycles. The van der Waals surface area contributed by atoms with Crippen LogP contribution in [0.3, 0.4) is 0 Å². The molecule has 0 bridgehead atoms. The fourth-order valence-electron chi connectivity index (χ4n) is 3.93. The van der Waals surface area contributed by atoms with Gasteiger partial charge >= 0.3 is 5.97 Å². The predicted molar refractivity (Wildman–Crippen MR) is 96.2 cm³/mol. The highest BCUT2D eigenvalue weighted by Crippen LogP contribution is 2.46. The van der Waals surface area contributed by atoms with Gasteiger partial charge in [0, 0.05) is 28.2 Å². The zero-order valence-electron chi connectivity index (χ0n) is 14.0. The lowest BCUT2D eigenvalue weighted by Gasteiger charge is -2.40. The molecule has 1 fully saturated rings. The van der Waals surface area contributed by atoms with Crippen LogP contribution in [0.25, 0.3) is 0 Å². The Morgan fingerprint density at radius 3 is 2.62 bits per heavy atom. The van der Waals surface area contributed by atoms with Crippen LogP contribution in [-0.2, 0) is 9.59 Å². The maximum absolute atomic E-state index is 12.9. The predicted octanol–water partition coefficient (Wildman–Crippen LogP) is 4.35. The molecule has 1 heterocycles. The van der Waals surface area contributed by atoms with Gasteiger partial charge < -0.3 is 5.11 Å². The Morgan fingerprint density at radius 1 is 1.29 bits per heavy atom. The lowest BCUT2D eigenvalue weighted by atomic mass is 9.63. The van der Waals surface area contributed by atoms with Gasteiger partial charge in [-0.25, -0.2) is 4.79 Å². The minimum atomic E-state index is -1.00. The smallest absolute Gasteiger partial charge is 0.334 e. The van der Waals surface area contributed by atoms with E-state index in [1.54, 1.807) is 6.92 Å². The monoisotopic (exact) mass is 389 g/mol. The number of allylic oxidation sites excluding steroid dienone is 1. The van der Waals surface area contributed by atoms with Crippen molar-refractivity contribution in [1.29, 1.82) is 0 Å². The van der Waals surface area contributed by atoms with E-state index in [2.05, 4.69) is 34.8 Å². The summed E-state index contributed by atoms with van der Waals surface area (Å²) in [5.41, 5.74) is 2.27. The molecule has 1 aromatic carbocycles. The van der Waals surface area contributed by atoms with Crippen molar-refractivity contribution in [2.45, 2.75) is 39.5 Å². The summed E-state index contributed by atoms with van der Waals surface area (Å²) in [6.07, 6.45) is 1.17. The number of nitrogens with zero attached hydrogens (tertiary/aromatic N) is 1. The van der Waals surface area contributed by atoms with E-state index < -0.39 is 17.8 Å². The lowest BCUT2D eigenvalue weighted by Crippen LogP contribution is -2.43. The standard InChI is InChI=1S/C19H20BrNO3/c1-10-15(18(23)24)16(11-5-4-6-12(20)7-11)17-13(21-10)8-19(2,3)9-14(17)22/h4-7,16-17H,8-9H2,1-3H3,(H,23,24). The number of carboxylic acids is 1. The van der Waals surface area contributed by atoms with Crippen molar-refractivity contribution in [3.63, 3.8) is 0 Å². The van der Waals surface area contributed by atoms with Gasteiger partial charge in [0.25, 0.3) is 0 Å². The Labute approximate surface area is 149 Å². The summed E-state index contributed by atoms with van der Waals surface area (Å²) in [4.78, 5) is 29.3. The number of fused-ring (bicyclic) bond motifs is 1. The van der Waals surface area contributed by atoms with Crippen LogP contribution >= 0.6 is 15.9 Å². The van der Waals surface area contributed by atoms with Crippen molar-refractivity contribution in [2.24, 2.45) is 16.3 Å². The average molecular weight is 390 g/mol. The first-order valence-electron chi connectivity index (χ1n) is 7.99. The zero-order chi connectivity index (χ0) is 17.6. The lowest BCUT2D eigenvalue weighted by molar-refractivity contribution is -0.133. The Kier molecular flexibility index (Phi) is 4.24. The highest BCUT2D eigenvalue weighted by molar-refractivity contribution is 9.10. The molecular formula is C19H20BrNO3. The van der Waals surface area contributed by atoms with Gasteiger partial charge in [0.05, 0.1) is 11.5 Å². The maximum atomic E-state index is 12.9. The zero-order valence-corrected chi connectivity index (χ0v) is 15.6. The first-order chi connectivity index (χ1) is 11.2. The number of carboxylic acid groups (broad SMARTS) is 1. The molecular weight excluding hydrogens is 370 g/mol. The van der Waals surface area contributed by atoms with Crippen LogP contribution in [0.1, 0.15) is 45.1 Å². The maximum Gasteiger partial charge on any atom is 0.334 e. The largest absolute Gasteiger partial charge is 0.478 e. The molecule has 2 aliphatic rings. The van der Waals surface area contributed by atoms with E-state index >= 15 is 0 Å². The van der Waals surface area contributed by atoms with Gasteiger partial charge in [0.2, 0.25) is 0 Å². The van der Waals surface area contributed by atoms with Crippen LogP contribution < -0.4 is 0 Å². The van der Waals surface area contributed by atoms with Crippen LogP contribution in [0.2, 0.25) is 0 Å². The number of aliphatic imine (C=N–C) groups is 1. The molecule has 3 rings (SSSR count). The molecule has 1 aliphatic carbocycles. The first-order valence-corrected chi connectivity index (χ1v) is 8.78. The Bertz CT molecular complexity index is 792. The SMILES string of the molecule is CC1=C(C(=O)O)C(c2cccc(Br)c2)C2C(=O)CC(C)(C)CC2=N1. The molecule has 2 atom stereocenters. The number of hydrogen-bond acceptors (Lipinski definition) is 3. The van der Waals surface area contributed by atoms with E-state index in [1.807, 2.05) is 24.3 Å². The second-order valence-electron chi connectivity index (χ2n) is 7.40. The number of halogens is 1. The third-order valence-electron chi connectivity index (χ3n) is 4.80.